The molecule has 3 aromatic rings. The van der Waals surface area contributed by atoms with E-state index in [1.165, 1.54) is 0 Å². The number of allylic oxidation sites excluding steroid dienone is 3. The molecule has 5 rings (SSSR count). The highest BCUT2D eigenvalue weighted by molar-refractivity contribution is 9.10. The standard InChI is InChI=1S/C34H33BrClN3O2/c1-19-12-22(18-41-25-10-7-23(35)8-11-25)21(3)26(13-19)31-27(17-37)33(38)39(24-9-6-20(2)28(36)14-24)29-15-34(4,5)16-30(40)32(29)31/h6-14,31H,15-16,18,38H2,1-5H3. The predicted molar refractivity (Wildman–Crippen MR) is 168 cm³/mol. The van der Waals surface area contributed by atoms with E-state index in [0.717, 1.165) is 49.4 Å². The molecular weight excluding hydrogens is 598 g/mol. The summed E-state index contributed by atoms with van der Waals surface area (Å²) in [5.41, 5.74) is 14.0. The third-order valence-electron chi connectivity index (χ3n) is 8.01. The third kappa shape index (κ3) is 5.54. The van der Waals surface area contributed by atoms with E-state index in [4.69, 9.17) is 22.1 Å². The molecule has 1 heterocycles. The van der Waals surface area contributed by atoms with Crippen LogP contribution in [0.1, 0.15) is 60.4 Å². The molecule has 0 spiro atoms. The largest absolute Gasteiger partial charge is 0.489 e. The van der Waals surface area contributed by atoms with Gasteiger partial charge in [0.1, 0.15) is 18.2 Å². The first-order chi connectivity index (χ1) is 19.4. The smallest absolute Gasteiger partial charge is 0.162 e. The first-order valence-electron chi connectivity index (χ1n) is 13.6. The van der Waals surface area contributed by atoms with E-state index in [9.17, 15) is 10.1 Å². The Morgan fingerprint density at radius 3 is 2.46 bits per heavy atom. The molecule has 5 nitrogen and oxygen atoms in total. The number of halogens is 2. The summed E-state index contributed by atoms with van der Waals surface area (Å²) in [5.74, 6) is 0.563. The number of hydrogen-bond donors (Lipinski definition) is 1. The first kappa shape index (κ1) is 29.0. The topological polar surface area (TPSA) is 79.3 Å². The number of ether oxygens (including phenoxy) is 1. The zero-order valence-electron chi connectivity index (χ0n) is 23.9. The zero-order chi connectivity index (χ0) is 29.6. The summed E-state index contributed by atoms with van der Waals surface area (Å²) in [5, 5.41) is 11.1. The van der Waals surface area contributed by atoms with Gasteiger partial charge in [-0.25, -0.2) is 0 Å². The number of nitriles is 1. The van der Waals surface area contributed by atoms with Crippen LogP contribution in [0.2, 0.25) is 5.02 Å². The Bertz CT molecular complexity index is 1660. The Morgan fingerprint density at radius 1 is 1.10 bits per heavy atom. The van der Waals surface area contributed by atoms with Gasteiger partial charge in [-0.3, -0.25) is 9.69 Å². The molecule has 0 amide bonds. The molecule has 0 saturated carbocycles. The SMILES string of the molecule is Cc1cc(COc2ccc(Br)cc2)c(C)c(C2C(C#N)=C(N)N(c3ccc(C)c(Cl)c3)C3=C2C(=O)CC(C)(C)C3)c1. The van der Waals surface area contributed by atoms with Crippen molar-refractivity contribution in [1.82, 2.24) is 0 Å². The number of carbonyl (C=O) groups excluding carboxylic acids is 1. The average molecular weight is 631 g/mol. The molecule has 0 bridgehead atoms. The summed E-state index contributed by atoms with van der Waals surface area (Å²) in [6.45, 7) is 10.5. The van der Waals surface area contributed by atoms with E-state index >= 15 is 0 Å². The van der Waals surface area contributed by atoms with Crippen molar-refractivity contribution in [2.45, 2.75) is 60.0 Å². The Labute approximate surface area is 255 Å². The van der Waals surface area contributed by atoms with E-state index in [0.29, 0.717) is 41.4 Å². The molecule has 1 aliphatic heterocycles. The number of nitrogens with zero attached hydrogens (tertiary/aromatic N) is 2. The van der Waals surface area contributed by atoms with Crippen molar-refractivity contribution in [3.8, 4) is 11.8 Å². The monoisotopic (exact) mass is 629 g/mol. The van der Waals surface area contributed by atoms with Crippen LogP contribution in [-0.2, 0) is 11.4 Å². The van der Waals surface area contributed by atoms with E-state index in [-0.39, 0.29) is 11.2 Å². The minimum absolute atomic E-state index is 0.0401. The molecule has 0 fully saturated rings. The van der Waals surface area contributed by atoms with Crippen LogP contribution in [0.25, 0.3) is 0 Å². The van der Waals surface area contributed by atoms with Crippen LogP contribution in [0.3, 0.4) is 0 Å². The van der Waals surface area contributed by atoms with Crippen molar-refractivity contribution in [3.63, 3.8) is 0 Å². The van der Waals surface area contributed by atoms with Crippen molar-refractivity contribution in [2.24, 2.45) is 11.1 Å². The van der Waals surface area contributed by atoms with E-state index in [2.05, 4.69) is 48.0 Å². The molecule has 2 N–H and O–H groups in total. The maximum atomic E-state index is 14.0. The van der Waals surface area contributed by atoms with Gasteiger partial charge in [-0.05, 0) is 91.3 Å². The van der Waals surface area contributed by atoms with Crippen molar-refractivity contribution in [3.05, 3.63) is 115 Å². The van der Waals surface area contributed by atoms with Crippen LogP contribution < -0.4 is 15.4 Å². The van der Waals surface area contributed by atoms with Crippen LogP contribution in [0.5, 0.6) is 5.75 Å². The normalized spacial score (nSPS) is 18.3. The molecule has 41 heavy (non-hydrogen) atoms. The number of Topliss-reactive ketones (excluding diaryl/α,β-unsaturated/α-hetero) is 1. The maximum absolute atomic E-state index is 14.0. The average Bonchev–Trinajstić information content (AvgIpc) is 2.90. The second kappa shape index (κ2) is 11.0. The summed E-state index contributed by atoms with van der Waals surface area (Å²) in [6, 6.07) is 20.0. The summed E-state index contributed by atoms with van der Waals surface area (Å²) >= 11 is 9.99. The van der Waals surface area contributed by atoms with Crippen LogP contribution in [0.15, 0.2) is 81.7 Å². The maximum Gasteiger partial charge on any atom is 0.162 e. The number of rotatable bonds is 5. The van der Waals surface area contributed by atoms with E-state index < -0.39 is 5.92 Å². The van der Waals surface area contributed by atoms with Gasteiger partial charge < -0.3 is 10.5 Å². The van der Waals surface area contributed by atoms with Gasteiger partial charge in [0.2, 0.25) is 0 Å². The minimum atomic E-state index is -0.567. The van der Waals surface area contributed by atoms with Crippen LogP contribution >= 0.6 is 27.5 Å². The quantitative estimate of drug-likeness (QED) is 0.306. The van der Waals surface area contributed by atoms with E-state index in [1.54, 1.807) is 0 Å². The van der Waals surface area contributed by atoms with Crippen molar-refractivity contribution in [1.29, 1.82) is 5.26 Å². The molecular formula is C34H33BrClN3O2. The lowest BCUT2D eigenvalue weighted by atomic mass is 9.68. The number of aryl methyl sites for hydroxylation is 2. The lowest BCUT2D eigenvalue weighted by Gasteiger charge is -2.44. The summed E-state index contributed by atoms with van der Waals surface area (Å²) < 4.78 is 7.11. The highest BCUT2D eigenvalue weighted by Crippen LogP contribution is 2.51. The van der Waals surface area contributed by atoms with Gasteiger partial charge in [0.25, 0.3) is 0 Å². The molecule has 2 aliphatic rings. The number of ketones is 1. The van der Waals surface area contributed by atoms with Crippen molar-refractivity contribution in [2.75, 3.05) is 4.90 Å². The van der Waals surface area contributed by atoms with Gasteiger partial charge in [-0.2, -0.15) is 5.26 Å². The van der Waals surface area contributed by atoms with Crippen LogP contribution in [0.4, 0.5) is 5.69 Å². The molecule has 0 saturated heterocycles. The lowest BCUT2D eigenvalue weighted by Crippen LogP contribution is -2.42. The van der Waals surface area contributed by atoms with Crippen molar-refractivity contribution < 1.29 is 9.53 Å². The molecule has 0 radical (unpaired) electrons. The molecule has 1 atom stereocenters. The van der Waals surface area contributed by atoms with Gasteiger partial charge in [-0.1, -0.05) is 65.1 Å². The fourth-order valence-electron chi connectivity index (χ4n) is 5.94. The number of hydrogen-bond acceptors (Lipinski definition) is 5. The Hall–Kier alpha value is -3.53. The molecule has 3 aromatic carbocycles. The van der Waals surface area contributed by atoms with Gasteiger partial charge in [0.15, 0.2) is 5.78 Å². The van der Waals surface area contributed by atoms with Gasteiger partial charge in [0, 0.05) is 32.9 Å². The van der Waals surface area contributed by atoms with E-state index in [1.807, 2.05) is 68.1 Å². The van der Waals surface area contributed by atoms with Crippen LogP contribution in [0, 0.1) is 37.5 Å². The molecule has 1 unspecified atom stereocenters. The third-order valence-corrected chi connectivity index (χ3v) is 8.95. The molecule has 7 heteroatoms. The van der Waals surface area contributed by atoms with Gasteiger partial charge in [0.05, 0.1) is 17.6 Å². The molecule has 210 valence electrons. The predicted octanol–water partition coefficient (Wildman–Crippen LogP) is 8.55. The Kier molecular flexibility index (Phi) is 7.80. The van der Waals surface area contributed by atoms with Gasteiger partial charge >= 0.3 is 0 Å². The number of anilines is 1. The second-order valence-corrected chi connectivity index (χ2v) is 13.1. The first-order valence-corrected chi connectivity index (χ1v) is 14.8. The Balaban J connectivity index is 1.67. The fraction of sp³-hybridized carbons (Fsp3) is 0.294. The van der Waals surface area contributed by atoms with Crippen LogP contribution in [-0.4, -0.2) is 5.78 Å². The fourth-order valence-corrected chi connectivity index (χ4v) is 6.38. The minimum Gasteiger partial charge on any atom is -0.489 e. The number of benzene rings is 3. The highest BCUT2D eigenvalue weighted by Gasteiger charge is 2.45. The summed E-state index contributed by atoms with van der Waals surface area (Å²) in [6.07, 6.45) is 1.04. The molecule has 1 aliphatic carbocycles. The lowest BCUT2D eigenvalue weighted by molar-refractivity contribution is -0.118. The van der Waals surface area contributed by atoms with Gasteiger partial charge in [-0.15, -0.1) is 0 Å². The zero-order valence-corrected chi connectivity index (χ0v) is 26.3. The molecule has 0 aromatic heterocycles. The van der Waals surface area contributed by atoms with Crippen molar-refractivity contribution >= 4 is 39.0 Å². The summed E-state index contributed by atoms with van der Waals surface area (Å²) in [7, 11) is 0. The summed E-state index contributed by atoms with van der Waals surface area (Å²) in [4.78, 5) is 15.9. The second-order valence-electron chi connectivity index (χ2n) is 11.8. The Morgan fingerprint density at radius 2 is 1.80 bits per heavy atom. The highest BCUT2D eigenvalue weighted by atomic mass is 79.9. The number of nitrogens with two attached hydrogens (primary N) is 1. The number of carbonyl (C=O) groups is 1.